The Bertz CT molecular complexity index is 198. The SMILES string of the molecule is C=C(C)CC1(F)CCCC1=O. The van der Waals surface area contributed by atoms with Crippen LogP contribution in [0.3, 0.4) is 0 Å². The van der Waals surface area contributed by atoms with Crippen LogP contribution in [0.2, 0.25) is 0 Å². The molecule has 1 rings (SSSR count). The van der Waals surface area contributed by atoms with E-state index in [-0.39, 0.29) is 12.2 Å². The van der Waals surface area contributed by atoms with Gasteiger partial charge in [-0.1, -0.05) is 5.57 Å². The summed E-state index contributed by atoms with van der Waals surface area (Å²) in [6.07, 6.45) is 1.71. The maximum absolute atomic E-state index is 13.5. The van der Waals surface area contributed by atoms with Crippen LogP contribution in [0.15, 0.2) is 12.2 Å². The second kappa shape index (κ2) is 2.76. The number of alkyl halides is 1. The van der Waals surface area contributed by atoms with E-state index in [0.29, 0.717) is 19.3 Å². The zero-order valence-corrected chi connectivity index (χ0v) is 6.82. The lowest BCUT2D eigenvalue weighted by Gasteiger charge is -2.16. The summed E-state index contributed by atoms with van der Waals surface area (Å²) in [6, 6.07) is 0. The summed E-state index contributed by atoms with van der Waals surface area (Å²) in [5.74, 6) is -0.236. The Hall–Kier alpha value is -0.660. The monoisotopic (exact) mass is 156 g/mol. The molecule has 1 nitrogen and oxygen atoms in total. The smallest absolute Gasteiger partial charge is 0.172 e. The molecule has 0 heterocycles. The first-order valence-electron chi connectivity index (χ1n) is 3.91. The Morgan fingerprint density at radius 3 is 2.82 bits per heavy atom. The predicted molar refractivity (Wildman–Crippen MR) is 42.1 cm³/mol. The summed E-state index contributed by atoms with van der Waals surface area (Å²) >= 11 is 0. The lowest BCUT2D eigenvalue weighted by atomic mass is 9.95. The normalized spacial score (nSPS) is 30.9. The minimum Gasteiger partial charge on any atom is -0.296 e. The van der Waals surface area contributed by atoms with E-state index < -0.39 is 5.67 Å². The quantitative estimate of drug-likeness (QED) is 0.561. The van der Waals surface area contributed by atoms with Gasteiger partial charge in [0.15, 0.2) is 11.5 Å². The Labute approximate surface area is 66.3 Å². The number of rotatable bonds is 2. The molecule has 0 N–H and O–H groups in total. The van der Waals surface area contributed by atoms with Crippen molar-refractivity contribution < 1.29 is 9.18 Å². The molecule has 1 aliphatic rings. The number of hydrogen-bond acceptors (Lipinski definition) is 1. The number of ketones is 1. The first-order chi connectivity index (χ1) is 5.04. The third-order valence-corrected chi connectivity index (χ3v) is 2.06. The first-order valence-corrected chi connectivity index (χ1v) is 3.91. The van der Waals surface area contributed by atoms with Gasteiger partial charge in [-0.25, -0.2) is 4.39 Å². The highest BCUT2D eigenvalue weighted by Gasteiger charge is 2.41. The van der Waals surface area contributed by atoms with Crippen LogP contribution in [0.5, 0.6) is 0 Å². The van der Waals surface area contributed by atoms with Crippen LogP contribution >= 0.6 is 0 Å². The fourth-order valence-electron chi connectivity index (χ4n) is 1.56. The van der Waals surface area contributed by atoms with Gasteiger partial charge in [-0.15, -0.1) is 6.58 Å². The molecule has 1 atom stereocenters. The molecular weight excluding hydrogens is 143 g/mol. The lowest BCUT2D eigenvalue weighted by Crippen LogP contribution is -2.27. The summed E-state index contributed by atoms with van der Waals surface area (Å²) in [5, 5.41) is 0. The van der Waals surface area contributed by atoms with Crippen LogP contribution < -0.4 is 0 Å². The van der Waals surface area contributed by atoms with Gasteiger partial charge in [-0.3, -0.25) is 4.79 Å². The zero-order valence-electron chi connectivity index (χ0n) is 6.82. The van der Waals surface area contributed by atoms with E-state index in [2.05, 4.69) is 6.58 Å². The lowest BCUT2D eigenvalue weighted by molar-refractivity contribution is -0.127. The Morgan fingerprint density at radius 2 is 2.45 bits per heavy atom. The second-order valence-electron chi connectivity index (χ2n) is 3.38. The van der Waals surface area contributed by atoms with Gasteiger partial charge in [-0.2, -0.15) is 0 Å². The molecule has 0 spiro atoms. The van der Waals surface area contributed by atoms with Crippen LogP contribution in [-0.4, -0.2) is 11.5 Å². The topological polar surface area (TPSA) is 17.1 Å². The Kier molecular flexibility index (Phi) is 2.12. The average molecular weight is 156 g/mol. The van der Waals surface area contributed by atoms with Crippen molar-refractivity contribution in [3.63, 3.8) is 0 Å². The Morgan fingerprint density at radius 1 is 1.82 bits per heavy atom. The maximum atomic E-state index is 13.5. The molecule has 2 heteroatoms. The van der Waals surface area contributed by atoms with Gasteiger partial charge in [-0.05, 0) is 19.8 Å². The number of hydrogen-bond donors (Lipinski definition) is 0. The van der Waals surface area contributed by atoms with Crippen molar-refractivity contribution in [2.75, 3.05) is 0 Å². The molecule has 62 valence electrons. The predicted octanol–water partition coefficient (Wildman–Crippen LogP) is 2.41. The van der Waals surface area contributed by atoms with E-state index in [9.17, 15) is 9.18 Å². The van der Waals surface area contributed by atoms with E-state index in [1.54, 1.807) is 6.92 Å². The summed E-state index contributed by atoms with van der Waals surface area (Å²) in [7, 11) is 0. The van der Waals surface area contributed by atoms with Crippen LogP contribution in [0, 0.1) is 0 Å². The molecule has 1 saturated carbocycles. The molecule has 0 aromatic heterocycles. The van der Waals surface area contributed by atoms with E-state index in [1.807, 2.05) is 0 Å². The largest absolute Gasteiger partial charge is 0.296 e. The summed E-state index contributed by atoms with van der Waals surface area (Å²) < 4.78 is 13.5. The van der Waals surface area contributed by atoms with Gasteiger partial charge < -0.3 is 0 Å². The van der Waals surface area contributed by atoms with Gasteiger partial charge in [0.2, 0.25) is 0 Å². The molecule has 0 bridgehead atoms. The molecule has 1 aliphatic carbocycles. The number of carbonyl (C=O) groups excluding carboxylic acids is 1. The number of halogens is 1. The fraction of sp³-hybridized carbons (Fsp3) is 0.667. The molecule has 0 aliphatic heterocycles. The van der Waals surface area contributed by atoms with Crippen LogP contribution in [0.4, 0.5) is 4.39 Å². The second-order valence-corrected chi connectivity index (χ2v) is 3.38. The molecule has 1 fully saturated rings. The van der Waals surface area contributed by atoms with Crippen molar-refractivity contribution in [1.82, 2.24) is 0 Å². The summed E-state index contributed by atoms with van der Waals surface area (Å²) in [6.45, 7) is 5.36. The highest BCUT2D eigenvalue weighted by Crippen LogP contribution is 2.34. The third kappa shape index (κ3) is 1.67. The molecule has 0 radical (unpaired) electrons. The standard InChI is InChI=1S/C9H13FO/c1-7(2)6-9(10)5-3-4-8(9)11/h1,3-6H2,2H3. The van der Waals surface area contributed by atoms with Crippen molar-refractivity contribution in [2.45, 2.75) is 38.3 Å². The molecule has 1 unspecified atom stereocenters. The van der Waals surface area contributed by atoms with E-state index in [4.69, 9.17) is 0 Å². The van der Waals surface area contributed by atoms with Crippen LogP contribution in [0.1, 0.15) is 32.6 Å². The summed E-state index contributed by atoms with van der Waals surface area (Å²) in [5.41, 5.74) is -0.811. The fourth-order valence-corrected chi connectivity index (χ4v) is 1.56. The molecule has 11 heavy (non-hydrogen) atoms. The van der Waals surface area contributed by atoms with Crippen molar-refractivity contribution in [3.05, 3.63) is 12.2 Å². The maximum Gasteiger partial charge on any atom is 0.172 e. The number of carbonyl (C=O) groups is 1. The van der Waals surface area contributed by atoms with Gasteiger partial charge in [0.25, 0.3) is 0 Å². The minimum absolute atomic E-state index is 0.214. The van der Waals surface area contributed by atoms with E-state index >= 15 is 0 Å². The molecule has 0 aromatic carbocycles. The number of Topliss-reactive ketones (excluding diaryl/α,β-unsaturated/α-hetero) is 1. The van der Waals surface area contributed by atoms with E-state index in [0.717, 1.165) is 5.57 Å². The van der Waals surface area contributed by atoms with Gasteiger partial charge >= 0.3 is 0 Å². The van der Waals surface area contributed by atoms with Crippen molar-refractivity contribution in [2.24, 2.45) is 0 Å². The van der Waals surface area contributed by atoms with Gasteiger partial charge in [0, 0.05) is 12.8 Å². The zero-order chi connectivity index (χ0) is 8.48. The molecular formula is C9H13FO. The highest BCUT2D eigenvalue weighted by molar-refractivity contribution is 5.89. The van der Waals surface area contributed by atoms with Crippen molar-refractivity contribution in [1.29, 1.82) is 0 Å². The highest BCUT2D eigenvalue weighted by atomic mass is 19.1. The first kappa shape index (κ1) is 8.44. The summed E-state index contributed by atoms with van der Waals surface area (Å²) in [4.78, 5) is 11.0. The van der Waals surface area contributed by atoms with Gasteiger partial charge in [0.05, 0.1) is 0 Å². The van der Waals surface area contributed by atoms with Crippen molar-refractivity contribution >= 4 is 5.78 Å². The number of allylic oxidation sites excluding steroid dienone is 1. The van der Waals surface area contributed by atoms with Gasteiger partial charge in [0.1, 0.15) is 0 Å². The van der Waals surface area contributed by atoms with Crippen molar-refractivity contribution in [3.8, 4) is 0 Å². The third-order valence-electron chi connectivity index (χ3n) is 2.06. The van der Waals surface area contributed by atoms with Crippen LogP contribution in [0.25, 0.3) is 0 Å². The molecule has 0 aromatic rings. The Balaban J connectivity index is 2.65. The van der Waals surface area contributed by atoms with E-state index in [1.165, 1.54) is 0 Å². The minimum atomic E-state index is -1.56. The average Bonchev–Trinajstić information content (AvgIpc) is 2.11. The molecule has 0 amide bonds. The molecule has 0 saturated heterocycles. The van der Waals surface area contributed by atoms with Crippen LogP contribution in [-0.2, 0) is 4.79 Å².